The zero-order valence-electron chi connectivity index (χ0n) is 12.5. The number of aliphatic carboxylic acids is 1. The molecule has 0 amide bonds. The normalized spacial score (nSPS) is 14.7. The van der Waals surface area contributed by atoms with E-state index in [4.69, 9.17) is 9.84 Å². The number of carboxylic acids is 1. The van der Waals surface area contributed by atoms with Crippen molar-refractivity contribution < 1.29 is 14.6 Å². The minimum Gasteiger partial charge on any atom is -0.488 e. The number of fused-ring (bicyclic) bond motifs is 2. The zero-order chi connectivity index (χ0) is 16.2. The standard InChI is InChI=1S/C18H17BrO3S/c19-8-1-2-14-15-10-12(4-6-17(20)21)3-5-16(15)22-11-13-7-9-23-18(13)14/h2-3,5,7,9-10H,1,4,6,8,11H2,(H,20,21)/b14-2+. The molecule has 0 saturated heterocycles. The van der Waals surface area contributed by atoms with Gasteiger partial charge in [-0.2, -0.15) is 0 Å². The van der Waals surface area contributed by atoms with Gasteiger partial charge in [0.15, 0.2) is 0 Å². The Bertz CT molecular complexity index is 748. The van der Waals surface area contributed by atoms with Crippen molar-refractivity contribution in [1.82, 2.24) is 0 Å². The van der Waals surface area contributed by atoms with Gasteiger partial charge in [-0.05, 0) is 47.6 Å². The maximum atomic E-state index is 10.8. The molecular weight excluding hydrogens is 376 g/mol. The van der Waals surface area contributed by atoms with Gasteiger partial charge in [-0.1, -0.05) is 28.1 Å². The van der Waals surface area contributed by atoms with Gasteiger partial charge in [-0.25, -0.2) is 0 Å². The molecule has 23 heavy (non-hydrogen) atoms. The van der Waals surface area contributed by atoms with Crippen molar-refractivity contribution in [3.8, 4) is 5.75 Å². The third-order valence-corrected chi connectivity index (χ3v) is 5.24. The first-order chi connectivity index (χ1) is 11.2. The Labute approximate surface area is 147 Å². The van der Waals surface area contributed by atoms with Gasteiger partial charge < -0.3 is 9.84 Å². The van der Waals surface area contributed by atoms with Gasteiger partial charge in [0, 0.05) is 27.8 Å². The summed E-state index contributed by atoms with van der Waals surface area (Å²) in [5, 5.41) is 11.9. The smallest absolute Gasteiger partial charge is 0.303 e. The molecule has 1 aromatic carbocycles. The van der Waals surface area contributed by atoms with Crippen LogP contribution in [0.4, 0.5) is 0 Å². The first-order valence-corrected chi connectivity index (χ1v) is 9.50. The molecule has 0 bridgehead atoms. The molecule has 0 unspecified atom stereocenters. The van der Waals surface area contributed by atoms with Crippen molar-refractivity contribution in [1.29, 1.82) is 0 Å². The lowest BCUT2D eigenvalue weighted by Crippen LogP contribution is -1.99. The Balaban J connectivity index is 2.03. The Kier molecular flexibility index (Phi) is 5.18. The molecule has 0 fully saturated rings. The van der Waals surface area contributed by atoms with Crippen molar-refractivity contribution in [3.63, 3.8) is 0 Å². The largest absolute Gasteiger partial charge is 0.488 e. The lowest BCUT2D eigenvalue weighted by molar-refractivity contribution is -0.136. The van der Waals surface area contributed by atoms with E-state index in [9.17, 15) is 4.79 Å². The van der Waals surface area contributed by atoms with Crippen molar-refractivity contribution in [3.05, 3.63) is 57.3 Å². The van der Waals surface area contributed by atoms with Crippen LogP contribution in [0.25, 0.3) is 5.57 Å². The number of carbonyl (C=O) groups is 1. The maximum Gasteiger partial charge on any atom is 0.303 e. The molecule has 2 heterocycles. The van der Waals surface area contributed by atoms with Crippen LogP contribution in [0.2, 0.25) is 0 Å². The molecule has 0 radical (unpaired) electrons. The first-order valence-electron chi connectivity index (χ1n) is 7.50. The summed E-state index contributed by atoms with van der Waals surface area (Å²) in [6.45, 7) is 0.575. The van der Waals surface area contributed by atoms with E-state index in [0.717, 1.165) is 28.6 Å². The number of hydrogen-bond donors (Lipinski definition) is 1. The molecule has 120 valence electrons. The highest BCUT2D eigenvalue weighted by molar-refractivity contribution is 9.09. The summed E-state index contributed by atoms with van der Waals surface area (Å²) in [5.74, 6) is 0.0973. The van der Waals surface area contributed by atoms with Crippen molar-refractivity contribution in [2.24, 2.45) is 0 Å². The fourth-order valence-electron chi connectivity index (χ4n) is 2.69. The third kappa shape index (κ3) is 3.67. The van der Waals surface area contributed by atoms with E-state index in [2.05, 4.69) is 39.5 Å². The Hall–Kier alpha value is -1.59. The Morgan fingerprint density at radius 2 is 2.26 bits per heavy atom. The van der Waals surface area contributed by atoms with Crippen LogP contribution >= 0.6 is 27.3 Å². The molecule has 3 nitrogen and oxygen atoms in total. The van der Waals surface area contributed by atoms with Gasteiger partial charge in [0.05, 0.1) is 0 Å². The van der Waals surface area contributed by atoms with Gasteiger partial charge in [-0.3, -0.25) is 4.79 Å². The van der Waals surface area contributed by atoms with Gasteiger partial charge in [0.2, 0.25) is 0 Å². The molecule has 1 N–H and O–H groups in total. The molecule has 1 aromatic heterocycles. The molecule has 0 aliphatic carbocycles. The molecule has 0 spiro atoms. The maximum absolute atomic E-state index is 10.8. The fourth-order valence-corrected chi connectivity index (χ4v) is 3.88. The number of hydrogen-bond acceptors (Lipinski definition) is 3. The van der Waals surface area contributed by atoms with E-state index in [0.29, 0.717) is 13.0 Å². The van der Waals surface area contributed by atoms with Gasteiger partial charge in [0.25, 0.3) is 0 Å². The lowest BCUT2D eigenvalue weighted by atomic mass is 9.97. The number of carboxylic acid groups (broad SMARTS) is 1. The summed E-state index contributed by atoms with van der Waals surface area (Å²) in [5.41, 5.74) is 4.49. The van der Waals surface area contributed by atoms with E-state index in [1.54, 1.807) is 11.3 Å². The minimum absolute atomic E-state index is 0.143. The Morgan fingerprint density at radius 3 is 3.04 bits per heavy atom. The van der Waals surface area contributed by atoms with Gasteiger partial charge in [-0.15, -0.1) is 11.3 Å². The Morgan fingerprint density at radius 1 is 1.39 bits per heavy atom. The molecule has 0 atom stereocenters. The monoisotopic (exact) mass is 392 g/mol. The summed E-state index contributed by atoms with van der Waals surface area (Å²) in [7, 11) is 0. The average molecular weight is 393 g/mol. The van der Waals surface area contributed by atoms with Crippen LogP contribution in [-0.2, 0) is 17.8 Å². The van der Waals surface area contributed by atoms with E-state index in [1.807, 2.05) is 12.1 Å². The molecule has 1 aliphatic rings. The van der Waals surface area contributed by atoms with E-state index < -0.39 is 5.97 Å². The highest BCUT2D eigenvalue weighted by Crippen LogP contribution is 2.40. The van der Waals surface area contributed by atoms with E-state index in [-0.39, 0.29) is 6.42 Å². The minimum atomic E-state index is -0.771. The van der Waals surface area contributed by atoms with Crippen LogP contribution < -0.4 is 4.74 Å². The van der Waals surface area contributed by atoms with Gasteiger partial charge >= 0.3 is 5.97 Å². The number of halogens is 1. The third-order valence-electron chi connectivity index (χ3n) is 3.79. The van der Waals surface area contributed by atoms with Crippen LogP contribution in [0.3, 0.4) is 0 Å². The SMILES string of the molecule is O=C(O)CCc1ccc2c(c1)/C(=C\CCBr)c1sccc1CO2. The fraction of sp³-hybridized carbons (Fsp3) is 0.278. The first kappa shape index (κ1) is 16.3. The van der Waals surface area contributed by atoms with Crippen LogP contribution in [0, 0.1) is 0 Å². The lowest BCUT2D eigenvalue weighted by Gasteiger charge is -2.11. The van der Waals surface area contributed by atoms with Crippen molar-refractivity contribution in [2.45, 2.75) is 25.9 Å². The second-order valence-electron chi connectivity index (χ2n) is 5.38. The quantitative estimate of drug-likeness (QED) is 0.737. The average Bonchev–Trinajstić information content (AvgIpc) is 2.95. The van der Waals surface area contributed by atoms with Crippen molar-refractivity contribution in [2.75, 3.05) is 5.33 Å². The number of rotatable bonds is 5. The van der Waals surface area contributed by atoms with Crippen LogP contribution in [0.1, 0.15) is 34.4 Å². The summed E-state index contributed by atoms with van der Waals surface area (Å²) in [6.07, 6.45) is 3.85. The second-order valence-corrected chi connectivity index (χ2v) is 7.09. The van der Waals surface area contributed by atoms with E-state index in [1.165, 1.54) is 16.0 Å². The molecule has 0 saturated carbocycles. The van der Waals surface area contributed by atoms with Crippen LogP contribution in [0.5, 0.6) is 5.75 Å². The predicted octanol–water partition coefficient (Wildman–Crippen LogP) is 4.87. The molecule has 5 heteroatoms. The number of ether oxygens (including phenoxy) is 1. The summed E-state index contributed by atoms with van der Waals surface area (Å²) >= 11 is 5.21. The summed E-state index contributed by atoms with van der Waals surface area (Å²) < 4.78 is 5.96. The molecule has 2 aromatic rings. The number of benzene rings is 1. The summed E-state index contributed by atoms with van der Waals surface area (Å²) in [4.78, 5) is 12.1. The summed E-state index contributed by atoms with van der Waals surface area (Å²) in [6, 6.07) is 8.11. The van der Waals surface area contributed by atoms with Crippen LogP contribution in [-0.4, -0.2) is 16.4 Å². The molecule has 1 aliphatic heterocycles. The highest BCUT2D eigenvalue weighted by Gasteiger charge is 2.20. The molecular formula is C18H17BrO3S. The number of allylic oxidation sites excluding steroid dienone is 1. The predicted molar refractivity (Wildman–Crippen MR) is 96.5 cm³/mol. The number of thiophene rings is 1. The second kappa shape index (κ2) is 7.32. The molecule has 3 rings (SSSR count). The van der Waals surface area contributed by atoms with Gasteiger partial charge in [0.1, 0.15) is 12.4 Å². The van der Waals surface area contributed by atoms with E-state index >= 15 is 0 Å². The zero-order valence-corrected chi connectivity index (χ0v) is 15.0. The topological polar surface area (TPSA) is 46.5 Å². The number of aryl methyl sites for hydroxylation is 1. The number of alkyl halides is 1. The van der Waals surface area contributed by atoms with Crippen molar-refractivity contribution >= 4 is 38.8 Å². The van der Waals surface area contributed by atoms with Crippen LogP contribution in [0.15, 0.2) is 35.7 Å². The highest BCUT2D eigenvalue weighted by atomic mass is 79.9.